The minimum atomic E-state index is 0.173. The highest BCUT2D eigenvalue weighted by molar-refractivity contribution is 5.86. The van der Waals surface area contributed by atoms with E-state index in [0.29, 0.717) is 6.42 Å². The number of ether oxygens (including phenoxy) is 2. The van der Waals surface area contributed by atoms with Crippen molar-refractivity contribution in [2.24, 2.45) is 0 Å². The van der Waals surface area contributed by atoms with Gasteiger partial charge < -0.3 is 14.4 Å². The Labute approximate surface area is 189 Å². The van der Waals surface area contributed by atoms with Crippen LogP contribution in [0.4, 0.5) is 0 Å². The Morgan fingerprint density at radius 3 is 2.47 bits per heavy atom. The number of carbonyl (C=O) groups is 1. The van der Waals surface area contributed by atoms with E-state index in [4.69, 9.17) is 14.5 Å². The van der Waals surface area contributed by atoms with Crippen molar-refractivity contribution in [2.45, 2.75) is 26.8 Å². The fourth-order valence-corrected chi connectivity index (χ4v) is 4.50. The van der Waals surface area contributed by atoms with Gasteiger partial charge in [0.25, 0.3) is 0 Å². The van der Waals surface area contributed by atoms with Crippen LogP contribution in [0.15, 0.2) is 42.5 Å². The van der Waals surface area contributed by atoms with Crippen LogP contribution in [0.3, 0.4) is 0 Å². The Balaban J connectivity index is 1.40. The molecule has 0 aliphatic carbocycles. The number of rotatable bonds is 6. The topological polar surface area (TPSA) is 54.9 Å². The highest BCUT2D eigenvalue weighted by atomic mass is 16.5. The van der Waals surface area contributed by atoms with Crippen molar-refractivity contribution in [2.75, 3.05) is 40.4 Å². The van der Waals surface area contributed by atoms with Crippen LogP contribution in [-0.4, -0.2) is 61.1 Å². The molecule has 1 aliphatic rings. The van der Waals surface area contributed by atoms with E-state index in [9.17, 15) is 4.79 Å². The summed E-state index contributed by atoms with van der Waals surface area (Å²) in [6, 6.07) is 14.0. The molecule has 0 N–H and O–H groups in total. The fourth-order valence-electron chi connectivity index (χ4n) is 4.50. The van der Waals surface area contributed by atoms with Gasteiger partial charge in [0.2, 0.25) is 5.91 Å². The molecule has 0 radical (unpaired) electrons. The molecular formula is C26H31N3O3. The molecule has 1 aliphatic heterocycles. The maximum atomic E-state index is 13.1. The molecule has 0 bridgehead atoms. The summed E-state index contributed by atoms with van der Waals surface area (Å²) in [6.45, 7) is 7.99. The molecule has 6 nitrogen and oxygen atoms in total. The molecule has 1 fully saturated rings. The number of carbonyl (C=O) groups excluding carboxylic acids is 1. The molecule has 0 spiro atoms. The van der Waals surface area contributed by atoms with Crippen molar-refractivity contribution >= 4 is 16.8 Å². The van der Waals surface area contributed by atoms with Gasteiger partial charge >= 0.3 is 0 Å². The van der Waals surface area contributed by atoms with Crippen LogP contribution in [0.1, 0.15) is 22.4 Å². The number of benzene rings is 2. The van der Waals surface area contributed by atoms with E-state index in [2.05, 4.69) is 17.9 Å². The maximum Gasteiger partial charge on any atom is 0.227 e. The van der Waals surface area contributed by atoms with Gasteiger partial charge in [-0.2, -0.15) is 0 Å². The van der Waals surface area contributed by atoms with E-state index in [1.807, 2.05) is 48.2 Å². The minimum Gasteiger partial charge on any atom is -0.497 e. The van der Waals surface area contributed by atoms with Gasteiger partial charge in [-0.15, -0.1) is 0 Å². The third-order valence-electron chi connectivity index (χ3n) is 6.42. The van der Waals surface area contributed by atoms with Crippen LogP contribution < -0.4 is 9.47 Å². The first-order valence-electron chi connectivity index (χ1n) is 11.1. The Bertz CT molecular complexity index is 1120. The third-order valence-corrected chi connectivity index (χ3v) is 6.42. The van der Waals surface area contributed by atoms with E-state index >= 15 is 0 Å². The second kappa shape index (κ2) is 9.57. The van der Waals surface area contributed by atoms with Crippen LogP contribution in [0, 0.1) is 13.8 Å². The number of fused-ring (bicyclic) bond motifs is 1. The SMILES string of the molecule is COc1ccc(OC)c(CN2CCN(C(=O)Cc3c(C)nc4ccccc4c3C)CC2)c1. The van der Waals surface area contributed by atoms with Crippen molar-refractivity contribution in [3.8, 4) is 11.5 Å². The van der Waals surface area contributed by atoms with Gasteiger partial charge in [-0.25, -0.2) is 0 Å². The summed E-state index contributed by atoms with van der Waals surface area (Å²) < 4.78 is 10.9. The average molecular weight is 434 g/mol. The summed E-state index contributed by atoms with van der Waals surface area (Å²) in [5.74, 6) is 1.86. The summed E-state index contributed by atoms with van der Waals surface area (Å²) in [6.07, 6.45) is 0.402. The maximum absolute atomic E-state index is 13.1. The molecule has 0 saturated carbocycles. The fraction of sp³-hybridized carbons (Fsp3) is 0.385. The average Bonchev–Trinajstić information content (AvgIpc) is 2.82. The lowest BCUT2D eigenvalue weighted by molar-refractivity contribution is -0.132. The summed E-state index contributed by atoms with van der Waals surface area (Å²) in [5.41, 5.74) is 5.24. The summed E-state index contributed by atoms with van der Waals surface area (Å²) >= 11 is 0. The van der Waals surface area contributed by atoms with E-state index in [1.54, 1.807) is 14.2 Å². The van der Waals surface area contributed by atoms with Crippen LogP contribution >= 0.6 is 0 Å². The Morgan fingerprint density at radius 1 is 1.00 bits per heavy atom. The molecule has 1 saturated heterocycles. The molecule has 3 aromatic rings. The van der Waals surface area contributed by atoms with Crippen LogP contribution in [0.25, 0.3) is 10.9 Å². The van der Waals surface area contributed by atoms with Gasteiger partial charge in [0.05, 0.1) is 26.2 Å². The van der Waals surface area contributed by atoms with Crippen molar-refractivity contribution in [1.82, 2.24) is 14.8 Å². The summed E-state index contributed by atoms with van der Waals surface area (Å²) in [4.78, 5) is 22.2. The first-order chi connectivity index (χ1) is 15.5. The molecule has 0 atom stereocenters. The zero-order valence-electron chi connectivity index (χ0n) is 19.4. The molecule has 168 valence electrons. The van der Waals surface area contributed by atoms with E-state index in [-0.39, 0.29) is 5.91 Å². The second-order valence-corrected chi connectivity index (χ2v) is 8.33. The van der Waals surface area contributed by atoms with Crippen LogP contribution in [0.5, 0.6) is 11.5 Å². The number of amides is 1. The zero-order chi connectivity index (χ0) is 22.7. The van der Waals surface area contributed by atoms with Crippen molar-refractivity contribution in [3.05, 3.63) is 64.8 Å². The molecule has 32 heavy (non-hydrogen) atoms. The lowest BCUT2D eigenvalue weighted by Gasteiger charge is -2.35. The number of pyridine rings is 1. The summed E-state index contributed by atoms with van der Waals surface area (Å²) in [5, 5.41) is 1.12. The first kappa shape index (κ1) is 22.1. The Kier molecular flexibility index (Phi) is 6.61. The smallest absolute Gasteiger partial charge is 0.227 e. The monoisotopic (exact) mass is 433 g/mol. The number of hydrogen-bond acceptors (Lipinski definition) is 5. The highest BCUT2D eigenvalue weighted by Crippen LogP contribution is 2.26. The Hall–Kier alpha value is -3.12. The number of para-hydroxylation sites is 1. The minimum absolute atomic E-state index is 0.173. The number of aryl methyl sites for hydroxylation is 2. The molecule has 0 unspecified atom stereocenters. The predicted octanol–water partition coefficient (Wildman–Crippen LogP) is 3.76. The third kappa shape index (κ3) is 4.55. The molecule has 4 rings (SSSR count). The molecule has 2 aromatic carbocycles. The molecule has 1 amide bonds. The van der Waals surface area contributed by atoms with Gasteiger partial charge in [-0.05, 0) is 49.2 Å². The normalized spacial score (nSPS) is 14.6. The standard InChI is InChI=1S/C26H31N3O3/c1-18-22-7-5-6-8-24(22)27-19(2)23(18)16-26(30)29-13-11-28(12-14-29)17-20-15-21(31-3)9-10-25(20)32-4/h5-10,15H,11-14,16-17H2,1-4H3. The number of methoxy groups -OCH3 is 2. The quantitative estimate of drug-likeness (QED) is 0.593. The van der Waals surface area contributed by atoms with Crippen molar-refractivity contribution in [1.29, 1.82) is 0 Å². The lowest BCUT2D eigenvalue weighted by Crippen LogP contribution is -2.48. The number of piperazine rings is 1. The molecule has 6 heteroatoms. The van der Waals surface area contributed by atoms with Crippen molar-refractivity contribution in [3.63, 3.8) is 0 Å². The number of hydrogen-bond donors (Lipinski definition) is 0. The van der Waals surface area contributed by atoms with Crippen molar-refractivity contribution < 1.29 is 14.3 Å². The van der Waals surface area contributed by atoms with Gasteiger partial charge in [0.15, 0.2) is 0 Å². The second-order valence-electron chi connectivity index (χ2n) is 8.33. The zero-order valence-corrected chi connectivity index (χ0v) is 19.4. The van der Waals surface area contributed by atoms with E-state index in [1.165, 1.54) is 0 Å². The van der Waals surface area contributed by atoms with Crippen LogP contribution in [-0.2, 0) is 17.8 Å². The Morgan fingerprint density at radius 2 is 1.75 bits per heavy atom. The van der Waals surface area contributed by atoms with Gasteiger partial charge in [-0.1, -0.05) is 18.2 Å². The van der Waals surface area contributed by atoms with Crippen LogP contribution in [0.2, 0.25) is 0 Å². The predicted molar refractivity (Wildman–Crippen MR) is 126 cm³/mol. The van der Waals surface area contributed by atoms with Gasteiger partial charge in [0.1, 0.15) is 11.5 Å². The highest BCUT2D eigenvalue weighted by Gasteiger charge is 2.23. The van der Waals surface area contributed by atoms with Gasteiger partial charge in [0, 0.05) is 49.4 Å². The molecule has 1 aromatic heterocycles. The number of nitrogens with zero attached hydrogens (tertiary/aromatic N) is 3. The first-order valence-corrected chi connectivity index (χ1v) is 11.1. The lowest BCUT2D eigenvalue weighted by atomic mass is 9.99. The molecule has 2 heterocycles. The van der Waals surface area contributed by atoms with E-state index < -0.39 is 0 Å². The van der Waals surface area contributed by atoms with E-state index in [0.717, 1.165) is 77.5 Å². The molecular weight excluding hydrogens is 402 g/mol. The largest absolute Gasteiger partial charge is 0.497 e. The summed E-state index contributed by atoms with van der Waals surface area (Å²) in [7, 11) is 3.36. The number of aromatic nitrogens is 1. The van der Waals surface area contributed by atoms with Gasteiger partial charge in [-0.3, -0.25) is 14.7 Å².